The van der Waals surface area contributed by atoms with Crippen LogP contribution in [0.1, 0.15) is 38.4 Å². The van der Waals surface area contributed by atoms with Crippen LogP contribution >= 0.6 is 0 Å². The van der Waals surface area contributed by atoms with Crippen molar-refractivity contribution < 1.29 is 0 Å². The number of aryl methyl sites for hydroxylation is 1. The molecule has 1 aromatic rings. The van der Waals surface area contributed by atoms with Crippen molar-refractivity contribution in [2.75, 3.05) is 13.1 Å². The summed E-state index contributed by atoms with van der Waals surface area (Å²) in [5, 5.41) is 7.74. The Labute approximate surface area is 105 Å². The Kier molecular flexibility index (Phi) is 5.42. The van der Waals surface area contributed by atoms with Gasteiger partial charge >= 0.3 is 0 Å². The summed E-state index contributed by atoms with van der Waals surface area (Å²) in [5.41, 5.74) is 3.89. The molecule has 0 aromatic carbocycles. The normalized spacial score (nSPS) is 12.5. The monoisotopic (exact) mass is 235 g/mol. The van der Waals surface area contributed by atoms with Gasteiger partial charge in [-0.25, -0.2) is 0 Å². The Bertz CT molecular complexity index is 375. The second-order valence-corrected chi connectivity index (χ2v) is 4.86. The molecule has 0 bridgehead atoms. The van der Waals surface area contributed by atoms with Gasteiger partial charge in [0.05, 0.1) is 6.20 Å². The number of nitrogens with one attached hydrogen (secondary N) is 1. The molecule has 1 rings (SSSR count). The van der Waals surface area contributed by atoms with E-state index in [0.717, 1.165) is 13.1 Å². The van der Waals surface area contributed by atoms with Crippen molar-refractivity contribution in [3.8, 4) is 0 Å². The third-order valence-electron chi connectivity index (χ3n) is 3.11. The largest absolute Gasteiger partial charge is 0.313 e. The first-order valence-corrected chi connectivity index (χ1v) is 6.46. The summed E-state index contributed by atoms with van der Waals surface area (Å²) in [5.74, 6) is 0.568. The van der Waals surface area contributed by atoms with Crippen LogP contribution in [0.5, 0.6) is 0 Å². The molecule has 0 unspecified atom stereocenters. The highest BCUT2D eigenvalue weighted by Gasteiger charge is 2.06. The minimum absolute atomic E-state index is 0.568. The molecule has 1 N–H and O–H groups in total. The van der Waals surface area contributed by atoms with E-state index in [2.05, 4.69) is 44.2 Å². The fraction of sp³-hybridized carbons (Fsp3) is 0.643. The van der Waals surface area contributed by atoms with Gasteiger partial charge in [-0.2, -0.15) is 5.10 Å². The van der Waals surface area contributed by atoms with Crippen LogP contribution in [-0.4, -0.2) is 22.9 Å². The molecule has 3 heteroatoms. The zero-order valence-corrected chi connectivity index (χ0v) is 11.7. The molecule has 96 valence electrons. The molecular weight excluding hydrogens is 210 g/mol. The second kappa shape index (κ2) is 6.60. The first-order valence-electron chi connectivity index (χ1n) is 6.46. The lowest BCUT2D eigenvalue weighted by atomic mass is 10.0. The van der Waals surface area contributed by atoms with Gasteiger partial charge < -0.3 is 5.32 Å². The lowest BCUT2D eigenvalue weighted by molar-refractivity contribution is 0.657. The highest BCUT2D eigenvalue weighted by molar-refractivity contribution is 5.55. The molecule has 0 saturated carbocycles. The van der Waals surface area contributed by atoms with Crippen LogP contribution in [-0.2, 0) is 7.05 Å². The molecule has 17 heavy (non-hydrogen) atoms. The van der Waals surface area contributed by atoms with Crippen LogP contribution in [0.25, 0.3) is 6.08 Å². The standard InChI is InChI=1S/C14H25N3/c1-6-7-15-9-13(11(2)3)8-14-10-16-17(5)12(14)4/h8,10-11,15H,6-7,9H2,1-5H3. The van der Waals surface area contributed by atoms with Gasteiger partial charge in [0.15, 0.2) is 0 Å². The Hall–Kier alpha value is -1.09. The van der Waals surface area contributed by atoms with E-state index in [1.165, 1.54) is 23.3 Å². The minimum Gasteiger partial charge on any atom is -0.313 e. The highest BCUT2D eigenvalue weighted by atomic mass is 15.3. The summed E-state index contributed by atoms with van der Waals surface area (Å²) >= 11 is 0. The second-order valence-electron chi connectivity index (χ2n) is 4.86. The lowest BCUT2D eigenvalue weighted by Gasteiger charge is -2.12. The van der Waals surface area contributed by atoms with Crippen molar-refractivity contribution in [2.24, 2.45) is 13.0 Å². The smallest absolute Gasteiger partial charge is 0.0564 e. The average molecular weight is 235 g/mol. The molecule has 1 heterocycles. The van der Waals surface area contributed by atoms with Crippen molar-refractivity contribution in [1.82, 2.24) is 15.1 Å². The number of rotatable bonds is 6. The van der Waals surface area contributed by atoms with Crippen molar-refractivity contribution >= 4 is 6.08 Å². The molecule has 0 aliphatic heterocycles. The van der Waals surface area contributed by atoms with E-state index in [1.54, 1.807) is 0 Å². The van der Waals surface area contributed by atoms with Crippen molar-refractivity contribution in [3.63, 3.8) is 0 Å². The zero-order chi connectivity index (χ0) is 12.8. The molecule has 0 spiro atoms. The quantitative estimate of drug-likeness (QED) is 0.768. The topological polar surface area (TPSA) is 29.9 Å². The number of nitrogens with zero attached hydrogens (tertiary/aromatic N) is 2. The minimum atomic E-state index is 0.568. The first kappa shape index (κ1) is 14.0. The van der Waals surface area contributed by atoms with E-state index in [9.17, 15) is 0 Å². The maximum Gasteiger partial charge on any atom is 0.0564 e. The summed E-state index contributed by atoms with van der Waals surface area (Å²) in [7, 11) is 1.98. The predicted molar refractivity (Wildman–Crippen MR) is 73.9 cm³/mol. The summed E-state index contributed by atoms with van der Waals surface area (Å²) in [6.45, 7) is 10.8. The fourth-order valence-electron chi connectivity index (χ4n) is 1.69. The number of aromatic nitrogens is 2. The molecule has 0 fully saturated rings. The molecule has 0 aliphatic carbocycles. The van der Waals surface area contributed by atoms with Crippen LogP contribution in [0, 0.1) is 12.8 Å². The van der Waals surface area contributed by atoms with Gasteiger partial charge in [-0.15, -0.1) is 0 Å². The Morgan fingerprint density at radius 1 is 1.53 bits per heavy atom. The zero-order valence-electron chi connectivity index (χ0n) is 11.7. The van der Waals surface area contributed by atoms with Gasteiger partial charge in [0.25, 0.3) is 0 Å². The lowest BCUT2D eigenvalue weighted by Crippen LogP contribution is -2.19. The molecule has 0 aliphatic rings. The van der Waals surface area contributed by atoms with Gasteiger partial charge in [0, 0.05) is 24.8 Å². The van der Waals surface area contributed by atoms with Crippen LogP contribution in [0.3, 0.4) is 0 Å². The molecule has 0 amide bonds. The Morgan fingerprint density at radius 2 is 2.24 bits per heavy atom. The van der Waals surface area contributed by atoms with Gasteiger partial charge in [0.2, 0.25) is 0 Å². The number of hydrogen-bond acceptors (Lipinski definition) is 2. The van der Waals surface area contributed by atoms with E-state index in [-0.39, 0.29) is 0 Å². The number of hydrogen-bond donors (Lipinski definition) is 1. The van der Waals surface area contributed by atoms with Gasteiger partial charge in [-0.1, -0.05) is 32.4 Å². The summed E-state index contributed by atoms with van der Waals surface area (Å²) in [6, 6.07) is 0. The molecular formula is C14H25N3. The van der Waals surface area contributed by atoms with E-state index in [1.807, 2.05) is 17.9 Å². The fourth-order valence-corrected chi connectivity index (χ4v) is 1.69. The van der Waals surface area contributed by atoms with Crippen molar-refractivity contribution in [3.05, 3.63) is 23.0 Å². The maximum atomic E-state index is 4.28. The molecule has 0 radical (unpaired) electrons. The summed E-state index contributed by atoms with van der Waals surface area (Å²) in [6.07, 6.45) is 5.39. The van der Waals surface area contributed by atoms with Crippen molar-refractivity contribution in [1.29, 1.82) is 0 Å². The van der Waals surface area contributed by atoms with E-state index < -0.39 is 0 Å². The van der Waals surface area contributed by atoms with E-state index in [4.69, 9.17) is 0 Å². The van der Waals surface area contributed by atoms with Crippen LogP contribution in [0.2, 0.25) is 0 Å². The van der Waals surface area contributed by atoms with E-state index in [0.29, 0.717) is 5.92 Å². The Balaban J connectivity index is 2.79. The molecule has 1 aromatic heterocycles. The van der Waals surface area contributed by atoms with E-state index >= 15 is 0 Å². The Morgan fingerprint density at radius 3 is 2.71 bits per heavy atom. The van der Waals surface area contributed by atoms with Gasteiger partial charge in [-0.05, 0) is 25.8 Å². The van der Waals surface area contributed by atoms with Crippen LogP contribution in [0.15, 0.2) is 11.8 Å². The van der Waals surface area contributed by atoms with Crippen LogP contribution < -0.4 is 5.32 Å². The van der Waals surface area contributed by atoms with Gasteiger partial charge in [-0.3, -0.25) is 4.68 Å². The third kappa shape index (κ3) is 4.00. The highest BCUT2D eigenvalue weighted by Crippen LogP contribution is 2.16. The van der Waals surface area contributed by atoms with Gasteiger partial charge in [0.1, 0.15) is 0 Å². The molecule has 3 nitrogen and oxygen atoms in total. The molecule has 0 saturated heterocycles. The first-order chi connectivity index (χ1) is 8.06. The van der Waals surface area contributed by atoms with Crippen LogP contribution in [0.4, 0.5) is 0 Å². The van der Waals surface area contributed by atoms with Crippen molar-refractivity contribution in [2.45, 2.75) is 34.1 Å². The third-order valence-corrected chi connectivity index (χ3v) is 3.11. The summed E-state index contributed by atoms with van der Waals surface area (Å²) in [4.78, 5) is 0. The predicted octanol–water partition coefficient (Wildman–Crippen LogP) is 2.77. The summed E-state index contributed by atoms with van der Waals surface area (Å²) < 4.78 is 1.92. The average Bonchev–Trinajstić information content (AvgIpc) is 2.59. The maximum absolute atomic E-state index is 4.28. The SMILES string of the molecule is CCCNCC(=Cc1cnn(C)c1C)C(C)C. The molecule has 0 atom stereocenters.